The number of carbonyl (C=O) groups excluding carboxylic acids is 2. The van der Waals surface area contributed by atoms with Crippen LogP contribution in [0.3, 0.4) is 0 Å². The molecule has 158 valence electrons. The Balaban J connectivity index is 1.60. The van der Waals surface area contributed by atoms with E-state index in [9.17, 15) is 9.59 Å². The topological polar surface area (TPSA) is 104 Å². The average molecular weight is 436 g/mol. The molecule has 0 spiro atoms. The molecule has 0 aliphatic carbocycles. The van der Waals surface area contributed by atoms with Crippen molar-refractivity contribution < 1.29 is 14.3 Å². The van der Waals surface area contributed by atoms with Gasteiger partial charge in [0.25, 0.3) is 11.8 Å². The molecular formula is C22H21N5O3S. The fourth-order valence-corrected chi connectivity index (χ4v) is 2.88. The molecular weight excluding hydrogens is 414 g/mol. The first-order valence-electron chi connectivity index (χ1n) is 9.34. The van der Waals surface area contributed by atoms with E-state index in [4.69, 9.17) is 17.0 Å². The third-order valence-electron chi connectivity index (χ3n) is 4.15. The molecule has 0 aliphatic heterocycles. The third kappa shape index (κ3) is 6.00. The fourth-order valence-electron chi connectivity index (χ4n) is 2.65. The lowest BCUT2D eigenvalue weighted by molar-refractivity contribution is 0.0952. The number of hydrogen-bond donors (Lipinski definition) is 4. The van der Waals surface area contributed by atoms with Crippen molar-refractivity contribution in [1.82, 2.24) is 15.6 Å². The maximum Gasteiger partial charge on any atom is 0.269 e. The normalized spacial score (nSPS) is 10.0. The molecule has 0 atom stereocenters. The zero-order valence-electron chi connectivity index (χ0n) is 16.9. The number of nitrogens with zero attached hydrogens (tertiary/aromatic N) is 1. The second kappa shape index (κ2) is 10.2. The standard InChI is InChI=1S/C22H21N5O3S/c1-23-20(28)14-4-3-5-16(12-14)27-22(31)26-15-6-8-17(9-7-15)30-18-10-11-25-19(13-18)21(29)24-2/h3-13H,1-2H3,(H,23,28)(H,24,29)(H2,26,27,31). The van der Waals surface area contributed by atoms with Crippen LogP contribution in [-0.4, -0.2) is 36.0 Å². The van der Waals surface area contributed by atoms with Gasteiger partial charge in [0.1, 0.15) is 17.2 Å². The van der Waals surface area contributed by atoms with Gasteiger partial charge in [0.2, 0.25) is 0 Å². The Labute approximate surface area is 185 Å². The van der Waals surface area contributed by atoms with Crippen molar-refractivity contribution in [2.75, 3.05) is 24.7 Å². The van der Waals surface area contributed by atoms with Crippen LogP contribution in [0.2, 0.25) is 0 Å². The molecule has 0 bridgehead atoms. The van der Waals surface area contributed by atoms with Gasteiger partial charge < -0.3 is 26.0 Å². The summed E-state index contributed by atoms with van der Waals surface area (Å²) in [4.78, 5) is 27.4. The summed E-state index contributed by atoms with van der Waals surface area (Å²) in [7, 11) is 3.12. The number of benzene rings is 2. The molecule has 9 heteroatoms. The highest BCUT2D eigenvalue weighted by molar-refractivity contribution is 7.80. The maximum atomic E-state index is 11.8. The predicted molar refractivity (Wildman–Crippen MR) is 124 cm³/mol. The molecule has 3 rings (SSSR count). The minimum atomic E-state index is -0.285. The SMILES string of the molecule is CNC(=O)c1cccc(NC(=S)Nc2ccc(Oc3ccnc(C(=O)NC)c3)cc2)c1. The van der Waals surface area contributed by atoms with Crippen LogP contribution in [0.4, 0.5) is 11.4 Å². The number of thiocarbonyl (C=S) groups is 1. The molecule has 0 saturated carbocycles. The van der Waals surface area contributed by atoms with E-state index in [0.29, 0.717) is 27.9 Å². The number of hydrogen-bond acceptors (Lipinski definition) is 5. The highest BCUT2D eigenvalue weighted by Gasteiger charge is 2.08. The molecule has 1 heterocycles. The van der Waals surface area contributed by atoms with Crippen LogP contribution in [-0.2, 0) is 0 Å². The van der Waals surface area contributed by atoms with Gasteiger partial charge in [-0.15, -0.1) is 0 Å². The van der Waals surface area contributed by atoms with Gasteiger partial charge in [-0.25, -0.2) is 0 Å². The Bertz CT molecular complexity index is 1100. The van der Waals surface area contributed by atoms with Crippen LogP contribution >= 0.6 is 12.2 Å². The van der Waals surface area contributed by atoms with Crippen LogP contribution in [0.25, 0.3) is 0 Å². The molecule has 31 heavy (non-hydrogen) atoms. The molecule has 8 nitrogen and oxygen atoms in total. The number of anilines is 2. The van der Waals surface area contributed by atoms with Crippen molar-refractivity contribution in [3.63, 3.8) is 0 Å². The van der Waals surface area contributed by atoms with Crippen molar-refractivity contribution in [1.29, 1.82) is 0 Å². The number of ether oxygens (including phenoxy) is 1. The fraction of sp³-hybridized carbons (Fsp3) is 0.0909. The van der Waals surface area contributed by atoms with E-state index in [-0.39, 0.29) is 17.5 Å². The van der Waals surface area contributed by atoms with Crippen LogP contribution in [0.5, 0.6) is 11.5 Å². The average Bonchev–Trinajstić information content (AvgIpc) is 2.79. The lowest BCUT2D eigenvalue weighted by Gasteiger charge is -2.12. The first kappa shape index (κ1) is 21.7. The summed E-state index contributed by atoms with van der Waals surface area (Å²) in [6, 6.07) is 17.4. The van der Waals surface area contributed by atoms with Crippen LogP contribution in [0, 0.1) is 0 Å². The number of aromatic nitrogens is 1. The molecule has 0 saturated heterocycles. The van der Waals surface area contributed by atoms with E-state index in [0.717, 1.165) is 5.69 Å². The smallest absolute Gasteiger partial charge is 0.269 e. The summed E-state index contributed by atoms with van der Waals surface area (Å²) in [6.07, 6.45) is 1.51. The van der Waals surface area contributed by atoms with Gasteiger partial charge in [-0.1, -0.05) is 6.07 Å². The van der Waals surface area contributed by atoms with Crippen molar-refractivity contribution in [3.8, 4) is 11.5 Å². The minimum absolute atomic E-state index is 0.172. The molecule has 0 aliphatic rings. The van der Waals surface area contributed by atoms with Gasteiger partial charge >= 0.3 is 0 Å². The quantitative estimate of drug-likeness (QED) is 0.440. The Morgan fingerprint density at radius 1 is 0.839 bits per heavy atom. The van der Waals surface area contributed by atoms with Gasteiger partial charge in [0.05, 0.1) is 0 Å². The Hall–Kier alpha value is -3.98. The number of rotatable bonds is 6. The third-order valence-corrected chi connectivity index (χ3v) is 4.35. The van der Waals surface area contributed by atoms with E-state index in [1.54, 1.807) is 56.6 Å². The van der Waals surface area contributed by atoms with Crippen molar-refractivity contribution >= 4 is 40.5 Å². The number of amides is 2. The zero-order valence-corrected chi connectivity index (χ0v) is 17.7. The predicted octanol–water partition coefficient (Wildman–Crippen LogP) is 3.40. The van der Waals surface area contributed by atoms with Crippen molar-refractivity contribution in [2.45, 2.75) is 0 Å². The van der Waals surface area contributed by atoms with Gasteiger partial charge in [0.15, 0.2) is 5.11 Å². The monoisotopic (exact) mass is 435 g/mol. The molecule has 4 N–H and O–H groups in total. The van der Waals surface area contributed by atoms with Gasteiger partial charge in [-0.05, 0) is 60.7 Å². The summed E-state index contributed by atoms with van der Waals surface area (Å²) in [5.74, 6) is 0.640. The van der Waals surface area contributed by atoms with E-state index >= 15 is 0 Å². The van der Waals surface area contributed by atoms with Crippen LogP contribution in [0.1, 0.15) is 20.8 Å². The maximum absolute atomic E-state index is 11.8. The molecule has 3 aromatic rings. The Morgan fingerprint density at radius 2 is 1.55 bits per heavy atom. The first-order chi connectivity index (χ1) is 15.0. The number of pyridine rings is 1. The molecule has 0 fully saturated rings. The van der Waals surface area contributed by atoms with Gasteiger partial charge in [0, 0.05) is 43.3 Å². The van der Waals surface area contributed by atoms with Crippen molar-refractivity contribution in [3.05, 3.63) is 78.1 Å². The van der Waals surface area contributed by atoms with E-state index in [2.05, 4.69) is 26.3 Å². The highest BCUT2D eigenvalue weighted by Crippen LogP contribution is 2.23. The summed E-state index contributed by atoms with van der Waals surface area (Å²) in [6.45, 7) is 0. The second-order valence-corrected chi connectivity index (χ2v) is 6.73. The van der Waals surface area contributed by atoms with Crippen molar-refractivity contribution in [2.24, 2.45) is 0 Å². The summed E-state index contributed by atoms with van der Waals surface area (Å²) in [5, 5.41) is 11.6. The largest absolute Gasteiger partial charge is 0.457 e. The zero-order chi connectivity index (χ0) is 22.2. The summed E-state index contributed by atoms with van der Waals surface area (Å²) < 4.78 is 5.78. The molecule has 2 amide bonds. The lowest BCUT2D eigenvalue weighted by atomic mass is 10.2. The van der Waals surface area contributed by atoms with Gasteiger partial charge in [-0.2, -0.15) is 0 Å². The number of nitrogens with one attached hydrogen (secondary N) is 4. The lowest BCUT2D eigenvalue weighted by Crippen LogP contribution is -2.20. The number of carbonyl (C=O) groups is 2. The second-order valence-electron chi connectivity index (χ2n) is 6.32. The highest BCUT2D eigenvalue weighted by atomic mass is 32.1. The summed E-state index contributed by atoms with van der Waals surface area (Å²) >= 11 is 5.34. The van der Waals surface area contributed by atoms with Crippen LogP contribution < -0.4 is 26.0 Å². The molecule has 0 radical (unpaired) electrons. The Kier molecular flexibility index (Phi) is 7.13. The summed E-state index contributed by atoms with van der Waals surface area (Å²) in [5.41, 5.74) is 2.26. The molecule has 1 aromatic heterocycles. The van der Waals surface area contributed by atoms with E-state index in [1.807, 2.05) is 18.2 Å². The van der Waals surface area contributed by atoms with Crippen LogP contribution in [0.15, 0.2) is 66.9 Å². The first-order valence-corrected chi connectivity index (χ1v) is 9.75. The van der Waals surface area contributed by atoms with E-state index in [1.165, 1.54) is 6.20 Å². The molecule has 0 unspecified atom stereocenters. The van der Waals surface area contributed by atoms with E-state index < -0.39 is 0 Å². The molecule has 2 aromatic carbocycles. The Morgan fingerprint density at radius 3 is 2.26 bits per heavy atom. The van der Waals surface area contributed by atoms with Gasteiger partial charge in [-0.3, -0.25) is 14.6 Å². The minimum Gasteiger partial charge on any atom is -0.457 e.